The van der Waals surface area contributed by atoms with Crippen molar-refractivity contribution in [2.24, 2.45) is 11.8 Å². The lowest BCUT2D eigenvalue weighted by atomic mass is 9.96. The molecule has 0 aromatic heterocycles. The molecule has 0 aromatic carbocycles. The van der Waals surface area contributed by atoms with Crippen LogP contribution in [-0.4, -0.2) is 47.3 Å². The largest absolute Gasteiger partial charge is 0.480 e. The van der Waals surface area contributed by atoms with Crippen LogP contribution in [0, 0.1) is 11.8 Å². The molecule has 1 aliphatic heterocycles. The predicted octanol–water partition coefficient (Wildman–Crippen LogP) is -1.21. The van der Waals surface area contributed by atoms with E-state index in [1.165, 1.54) is 6.92 Å². The Kier molecular flexibility index (Phi) is 4.26. The number of carboxylic acid groups (broad SMARTS) is 1. The minimum Gasteiger partial charge on any atom is -0.480 e. The fraction of sp³-hybridized carbons (Fsp3) is 0.800. The van der Waals surface area contributed by atoms with Crippen molar-refractivity contribution in [2.75, 3.05) is 13.1 Å². The van der Waals surface area contributed by atoms with Gasteiger partial charge in [0.05, 0.1) is 12.0 Å². The zero-order valence-electron chi connectivity index (χ0n) is 9.43. The number of carbonyl (C=O) groups is 2. The van der Waals surface area contributed by atoms with Crippen LogP contribution in [-0.2, 0) is 9.59 Å². The van der Waals surface area contributed by atoms with Crippen molar-refractivity contribution in [1.82, 2.24) is 10.6 Å². The maximum Gasteiger partial charge on any atom is 0.328 e. The van der Waals surface area contributed by atoms with E-state index in [1.54, 1.807) is 0 Å². The van der Waals surface area contributed by atoms with Gasteiger partial charge in [0, 0.05) is 6.54 Å². The van der Waals surface area contributed by atoms with Crippen LogP contribution >= 0.6 is 0 Å². The van der Waals surface area contributed by atoms with Gasteiger partial charge in [-0.25, -0.2) is 4.79 Å². The molecule has 0 radical (unpaired) electrons. The van der Waals surface area contributed by atoms with Crippen molar-refractivity contribution >= 4 is 11.9 Å². The highest BCUT2D eigenvalue weighted by Gasteiger charge is 2.33. The molecule has 1 heterocycles. The molecule has 0 saturated carbocycles. The Morgan fingerprint density at radius 1 is 1.44 bits per heavy atom. The summed E-state index contributed by atoms with van der Waals surface area (Å²) in [5.74, 6) is -1.57. The fourth-order valence-electron chi connectivity index (χ4n) is 1.81. The third-order valence-corrected chi connectivity index (χ3v) is 2.90. The first kappa shape index (κ1) is 12.9. The van der Waals surface area contributed by atoms with Crippen LogP contribution in [0.1, 0.15) is 13.8 Å². The van der Waals surface area contributed by atoms with Gasteiger partial charge in [-0.05, 0) is 19.4 Å². The fourth-order valence-corrected chi connectivity index (χ4v) is 1.81. The molecule has 0 aliphatic carbocycles. The lowest BCUT2D eigenvalue weighted by Crippen LogP contribution is -2.50. The number of carboxylic acids is 1. The van der Waals surface area contributed by atoms with E-state index >= 15 is 0 Å². The minimum atomic E-state index is -1.24. The number of aliphatic carboxylic acids is 1. The van der Waals surface area contributed by atoms with E-state index in [4.69, 9.17) is 5.11 Å². The van der Waals surface area contributed by atoms with E-state index in [9.17, 15) is 14.7 Å². The second kappa shape index (κ2) is 5.27. The molecule has 92 valence electrons. The summed E-state index contributed by atoms with van der Waals surface area (Å²) in [6, 6.07) is -1.24. The van der Waals surface area contributed by atoms with Gasteiger partial charge >= 0.3 is 5.97 Å². The molecule has 6 nitrogen and oxygen atoms in total. The molecular weight excluding hydrogens is 212 g/mol. The maximum atomic E-state index is 11.7. The highest BCUT2D eigenvalue weighted by Crippen LogP contribution is 2.16. The number of hydrogen-bond donors (Lipinski definition) is 4. The van der Waals surface area contributed by atoms with Crippen LogP contribution in [0.25, 0.3) is 0 Å². The lowest BCUT2D eigenvalue weighted by Gasteiger charge is -2.20. The average Bonchev–Trinajstić information content (AvgIpc) is 2.59. The first-order valence-electron chi connectivity index (χ1n) is 5.35. The molecule has 1 rings (SSSR count). The van der Waals surface area contributed by atoms with Crippen LogP contribution in [0.5, 0.6) is 0 Å². The summed E-state index contributed by atoms with van der Waals surface area (Å²) < 4.78 is 0. The molecule has 1 amide bonds. The van der Waals surface area contributed by atoms with E-state index in [-0.39, 0.29) is 17.7 Å². The second-order valence-electron chi connectivity index (χ2n) is 4.31. The topological polar surface area (TPSA) is 98.7 Å². The first-order valence-corrected chi connectivity index (χ1v) is 5.35. The minimum absolute atomic E-state index is 0.184. The van der Waals surface area contributed by atoms with Gasteiger partial charge in [0.25, 0.3) is 0 Å². The summed E-state index contributed by atoms with van der Waals surface area (Å²) in [6.45, 7) is 4.58. The van der Waals surface area contributed by atoms with Crippen molar-refractivity contribution in [3.63, 3.8) is 0 Å². The van der Waals surface area contributed by atoms with E-state index < -0.39 is 18.1 Å². The van der Waals surface area contributed by atoms with Gasteiger partial charge in [-0.3, -0.25) is 4.79 Å². The van der Waals surface area contributed by atoms with Crippen molar-refractivity contribution in [1.29, 1.82) is 0 Å². The van der Waals surface area contributed by atoms with Crippen LogP contribution in [0.2, 0.25) is 0 Å². The number of rotatable bonds is 4. The summed E-state index contributed by atoms with van der Waals surface area (Å²) in [7, 11) is 0. The van der Waals surface area contributed by atoms with E-state index in [2.05, 4.69) is 10.6 Å². The number of carbonyl (C=O) groups excluding carboxylic acids is 1. The Morgan fingerprint density at radius 2 is 2.06 bits per heavy atom. The summed E-state index contributed by atoms with van der Waals surface area (Å²) in [4.78, 5) is 22.5. The standard InChI is InChI=1S/C10H18N2O4/c1-5-3-11-4-7(5)9(14)12-8(6(2)13)10(15)16/h5-8,11,13H,3-4H2,1-2H3,(H,12,14)(H,15,16)/t5-,6?,7-,8?/m1/s1. The van der Waals surface area contributed by atoms with Gasteiger partial charge in [-0.2, -0.15) is 0 Å². The zero-order valence-corrected chi connectivity index (χ0v) is 9.43. The van der Waals surface area contributed by atoms with Crippen LogP contribution in [0.4, 0.5) is 0 Å². The quantitative estimate of drug-likeness (QED) is 0.486. The van der Waals surface area contributed by atoms with Crippen LogP contribution in [0.15, 0.2) is 0 Å². The van der Waals surface area contributed by atoms with Gasteiger partial charge in [-0.15, -0.1) is 0 Å². The summed E-state index contributed by atoms with van der Waals surface area (Å²) in [6.07, 6.45) is -1.11. The first-order chi connectivity index (χ1) is 7.43. The Balaban J connectivity index is 2.58. The smallest absolute Gasteiger partial charge is 0.328 e. The second-order valence-corrected chi connectivity index (χ2v) is 4.31. The van der Waals surface area contributed by atoms with Gasteiger partial charge < -0.3 is 20.8 Å². The molecule has 0 aromatic rings. The Labute approximate surface area is 94.0 Å². The normalized spacial score (nSPS) is 28.4. The molecule has 2 unspecified atom stereocenters. The highest BCUT2D eigenvalue weighted by atomic mass is 16.4. The number of hydrogen-bond acceptors (Lipinski definition) is 4. The molecular formula is C10H18N2O4. The molecule has 6 heteroatoms. The summed E-state index contributed by atoms with van der Waals surface area (Å²) in [5, 5.41) is 23.5. The third-order valence-electron chi connectivity index (χ3n) is 2.90. The van der Waals surface area contributed by atoms with Gasteiger partial charge in [-0.1, -0.05) is 6.92 Å². The lowest BCUT2D eigenvalue weighted by molar-refractivity contribution is -0.145. The van der Waals surface area contributed by atoms with E-state index in [0.717, 1.165) is 6.54 Å². The average molecular weight is 230 g/mol. The molecule has 0 bridgehead atoms. The number of nitrogens with one attached hydrogen (secondary N) is 2. The molecule has 16 heavy (non-hydrogen) atoms. The molecule has 1 aliphatic rings. The van der Waals surface area contributed by atoms with E-state index in [0.29, 0.717) is 6.54 Å². The monoisotopic (exact) mass is 230 g/mol. The van der Waals surface area contributed by atoms with Crippen molar-refractivity contribution in [3.05, 3.63) is 0 Å². The highest BCUT2D eigenvalue weighted by molar-refractivity contribution is 5.85. The molecule has 4 N–H and O–H groups in total. The Bertz CT molecular complexity index is 280. The van der Waals surface area contributed by atoms with E-state index in [1.807, 2.05) is 6.92 Å². The van der Waals surface area contributed by atoms with Crippen molar-refractivity contribution in [3.8, 4) is 0 Å². The zero-order chi connectivity index (χ0) is 12.3. The maximum absolute atomic E-state index is 11.7. The SMILES string of the molecule is CC(O)C(NC(=O)[C@@H]1CNC[C@H]1C)C(=O)O. The molecule has 4 atom stereocenters. The third kappa shape index (κ3) is 2.93. The number of aliphatic hydroxyl groups is 1. The molecule has 0 spiro atoms. The molecule has 1 saturated heterocycles. The van der Waals surface area contributed by atoms with Crippen LogP contribution in [0.3, 0.4) is 0 Å². The van der Waals surface area contributed by atoms with Crippen molar-refractivity contribution < 1.29 is 19.8 Å². The number of aliphatic hydroxyl groups excluding tert-OH is 1. The Morgan fingerprint density at radius 3 is 2.44 bits per heavy atom. The number of amides is 1. The van der Waals surface area contributed by atoms with Crippen molar-refractivity contribution in [2.45, 2.75) is 26.0 Å². The predicted molar refractivity (Wildman–Crippen MR) is 56.8 cm³/mol. The molecule has 1 fully saturated rings. The Hall–Kier alpha value is -1.14. The summed E-state index contributed by atoms with van der Waals surface area (Å²) in [5.41, 5.74) is 0. The van der Waals surface area contributed by atoms with Crippen LogP contribution < -0.4 is 10.6 Å². The van der Waals surface area contributed by atoms with Gasteiger partial charge in [0.1, 0.15) is 0 Å². The van der Waals surface area contributed by atoms with Gasteiger partial charge in [0.15, 0.2) is 6.04 Å². The van der Waals surface area contributed by atoms with Gasteiger partial charge in [0.2, 0.25) is 5.91 Å². The summed E-state index contributed by atoms with van der Waals surface area (Å²) >= 11 is 0.